The van der Waals surface area contributed by atoms with Crippen molar-refractivity contribution in [3.63, 3.8) is 0 Å². The number of aliphatic hydroxyl groups excluding tert-OH is 1. The van der Waals surface area contributed by atoms with Gasteiger partial charge in [-0.15, -0.1) is 0 Å². The molecule has 1 unspecified atom stereocenters. The van der Waals surface area contributed by atoms with E-state index in [2.05, 4.69) is 4.98 Å². The van der Waals surface area contributed by atoms with E-state index in [-0.39, 0.29) is 12.6 Å². The van der Waals surface area contributed by atoms with Gasteiger partial charge in [0.15, 0.2) is 5.82 Å². The van der Waals surface area contributed by atoms with E-state index in [9.17, 15) is 5.11 Å². The van der Waals surface area contributed by atoms with Crippen LogP contribution in [-0.2, 0) is 4.74 Å². The average molecular weight is 244 g/mol. The van der Waals surface area contributed by atoms with E-state index in [1.165, 1.54) is 0 Å². The van der Waals surface area contributed by atoms with Gasteiger partial charge in [0.2, 0.25) is 0 Å². The van der Waals surface area contributed by atoms with Gasteiger partial charge in [-0.25, -0.2) is 4.98 Å². The monoisotopic (exact) mass is 243 g/mol. The standard InChI is InChI=1S/C10H14ClN3O2/c11-9-2-1-8(12)10(13-9)14-3-4-16-6-7(14)5-15/h1-2,7,15H,3-6,12H2. The Kier molecular flexibility index (Phi) is 3.48. The predicted octanol–water partition coefficient (Wildman–Crippen LogP) is 0.515. The van der Waals surface area contributed by atoms with Gasteiger partial charge in [0.25, 0.3) is 0 Å². The van der Waals surface area contributed by atoms with Crippen molar-refractivity contribution in [2.24, 2.45) is 0 Å². The minimum Gasteiger partial charge on any atom is -0.396 e. The largest absolute Gasteiger partial charge is 0.396 e. The van der Waals surface area contributed by atoms with Gasteiger partial charge >= 0.3 is 0 Å². The molecule has 1 atom stereocenters. The first kappa shape index (κ1) is 11.4. The van der Waals surface area contributed by atoms with E-state index in [4.69, 9.17) is 22.1 Å². The normalized spacial score (nSPS) is 21.1. The van der Waals surface area contributed by atoms with Crippen LogP contribution in [0.15, 0.2) is 12.1 Å². The number of anilines is 2. The number of aliphatic hydroxyl groups is 1. The minimum absolute atomic E-state index is 0.00757. The SMILES string of the molecule is Nc1ccc(Cl)nc1N1CCOCC1CO. The van der Waals surface area contributed by atoms with Crippen LogP contribution in [0.4, 0.5) is 11.5 Å². The lowest BCUT2D eigenvalue weighted by Crippen LogP contribution is -2.48. The minimum atomic E-state index is -0.109. The molecule has 2 heterocycles. The number of rotatable bonds is 2. The number of morpholine rings is 1. The van der Waals surface area contributed by atoms with Gasteiger partial charge in [-0.1, -0.05) is 11.6 Å². The van der Waals surface area contributed by atoms with Gasteiger partial charge in [-0.05, 0) is 12.1 Å². The predicted molar refractivity (Wildman–Crippen MR) is 62.7 cm³/mol. The van der Waals surface area contributed by atoms with Crippen LogP contribution in [-0.4, -0.2) is 42.5 Å². The topological polar surface area (TPSA) is 71.6 Å². The molecular formula is C10H14ClN3O2. The van der Waals surface area contributed by atoms with Gasteiger partial charge < -0.3 is 20.5 Å². The molecule has 1 aromatic rings. The molecular weight excluding hydrogens is 230 g/mol. The lowest BCUT2D eigenvalue weighted by molar-refractivity contribution is 0.0724. The van der Waals surface area contributed by atoms with Gasteiger partial charge in [-0.2, -0.15) is 0 Å². The second kappa shape index (κ2) is 4.86. The quantitative estimate of drug-likeness (QED) is 0.741. The Labute approximate surface area is 98.8 Å². The summed E-state index contributed by atoms with van der Waals surface area (Å²) >= 11 is 5.84. The molecule has 1 aliphatic rings. The summed E-state index contributed by atoms with van der Waals surface area (Å²) < 4.78 is 5.29. The summed E-state index contributed by atoms with van der Waals surface area (Å²) in [5.41, 5.74) is 6.41. The van der Waals surface area contributed by atoms with Crippen LogP contribution >= 0.6 is 11.6 Å². The van der Waals surface area contributed by atoms with Crippen LogP contribution in [0.3, 0.4) is 0 Å². The molecule has 6 heteroatoms. The van der Waals surface area contributed by atoms with Crippen molar-refractivity contribution in [2.45, 2.75) is 6.04 Å². The first-order valence-corrected chi connectivity index (χ1v) is 5.47. The molecule has 0 aromatic carbocycles. The summed E-state index contributed by atoms with van der Waals surface area (Å²) in [5, 5.41) is 9.66. The van der Waals surface area contributed by atoms with E-state index in [1.807, 2.05) is 4.90 Å². The number of halogens is 1. The van der Waals surface area contributed by atoms with Crippen LogP contribution in [0.25, 0.3) is 0 Å². The molecule has 0 saturated carbocycles. The molecule has 5 nitrogen and oxygen atoms in total. The molecule has 88 valence electrons. The van der Waals surface area contributed by atoms with Gasteiger partial charge in [0.05, 0.1) is 31.5 Å². The smallest absolute Gasteiger partial charge is 0.154 e. The fourth-order valence-electron chi connectivity index (χ4n) is 1.75. The summed E-state index contributed by atoms with van der Waals surface area (Å²) in [7, 11) is 0. The third-order valence-corrected chi connectivity index (χ3v) is 2.79. The number of ether oxygens (including phenoxy) is 1. The summed E-state index contributed by atoms with van der Waals surface area (Å²) in [5.74, 6) is 0.620. The number of nitrogen functional groups attached to an aromatic ring is 1. The van der Waals surface area contributed by atoms with E-state index < -0.39 is 0 Å². The number of hydrogen-bond acceptors (Lipinski definition) is 5. The van der Waals surface area contributed by atoms with E-state index in [0.29, 0.717) is 36.4 Å². The van der Waals surface area contributed by atoms with E-state index in [0.717, 1.165) is 0 Å². The molecule has 0 spiro atoms. The molecule has 3 N–H and O–H groups in total. The Bertz CT molecular complexity index is 375. The molecule has 16 heavy (non-hydrogen) atoms. The number of pyridine rings is 1. The lowest BCUT2D eigenvalue weighted by atomic mass is 10.2. The third-order valence-electron chi connectivity index (χ3n) is 2.58. The maximum Gasteiger partial charge on any atom is 0.154 e. The second-order valence-corrected chi connectivity index (χ2v) is 4.04. The Morgan fingerprint density at radius 1 is 1.62 bits per heavy atom. The Hall–Kier alpha value is -1.04. The molecule has 1 aromatic heterocycles. The fraction of sp³-hybridized carbons (Fsp3) is 0.500. The summed E-state index contributed by atoms with van der Waals surface area (Å²) in [4.78, 5) is 6.13. The van der Waals surface area contributed by atoms with Crippen molar-refractivity contribution in [3.8, 4) is 0 Å². The van der Waals surface area contributed by atoms with Crippen molar-refractivity contribution < 1.29 is 9.84 Å². The summed E-state index contributed by atoms with van der Waals surface area (Å²) in [6.07, 6.45) is 0. The van der Waals surface area contributed by atoms with E-state index >= 15 is 0 Å². The Morgan fingerprint density at radius 2 is 2.44 bits per heavy atom. The highest BCUT2D eigenvalue weighted by Crippen LogP contribution is 2.25. The number of nitrogens with two attached hydrogens (primary N) is 1. The summed E-state index contributed by atoms with van der Waals surface area (Å²) in [6.45, 7) is 1.74. The molecule has 1 saturated heterocycles. The maximum absolute atomic E-state index is 9.26. The highest BCUT2D eigenvalue weighted by molar-refractivity contribution is 6.29. The maximum atomic E-state index is 9.26. The van der Waals surface area contributed by atoms with Crippen LogP contribution < -0.4 is 10.6 Å². The second-order valence-electron chi connectivity index (χ2n) is 3.65. The molecule has 1 fully saturated rings. The molecule has 1 aliphatic heterocycles. The molecule has 0 bridgehead atoms. The first-order valence-electron chi connectivity index (χ1n) is 5.09. The third kappa shape index (κ3) is 2.21. The first-order chi connectivity index (χ1) is 7.72. The zero-order valence-corrected chi connectivity index (χ0v) is 9.52. The Balaban J connectivity index is 2.30. The lowest BCUT2D eigenvalue weighted by Gasteiger charge is -2.35. The molecule has 0 aliphatic carbocycles. The highest BCUT2D eigenvalue weighted by Gasteiger charge is 2.25. The number of aromatic nitrogens is 1. The molecule has 0 radical (unpaired) electrons. The van der Waals surface area contributed by atoms with Crippen molar-refractivity contribution >= 4 is 23.1 Å². The van der Waals surface area contributed by atoms with Crippen LogP contribution in [0.5, 0.6) is 0 Å². The van der Waals surface area contributed by atoms with Crippen LogP contribution in [0, 0.1) is 0 Å². The van der Waals surface area contributed by atoms with Crippen LogP contribution in [0.1, 0.15) is 0 Å². The van der Waals surface area contributed by atoms with Crippen molar-refractivity contribution in [2.75, 3.05) is 37.0 Å². The fourth-order valence-corrected chi connectivity index (χ4v) is 1.89. The number of nitrogens with zero attached hydrogens (tertiary/aromatic N) is 2. The van der Waals surface area contributed by atoms with Gasteiger partial charge in [0.1, 0.15) is 5.15 Å². The molecule has 2 rings (SSSR count). The van der Waals surface area contributed by atoms with Crippen molar-refractivity contribution in [1.82, 2.24) is 4.98 Å². The highest BCUT2D eigenvalue weighted by atomic mass is 35.5. The zero-order valence-electron chi connectivity index (χ0n) is 8.77. The van der Waals surface area contributed by atoms with Gasteiger partial charge in [-0.3, -0.25) is 0 Å². The molecule has 0 amide bonds. The van der Waals surface area contributed by atoms with Gasteiger partial charge in [0, 0.05) is 6.54 Å². The van der Waals surface area contributed by atoms with E-state index in [1.54, 1.807) is 12.1 Å². The number of hydrogen-bond donors (Lipinski definition) is 2. The summed E-state index contributed by atoms with van der Waals surface area (Å²) in [6, 6.07) is 3.26. The Morgan fingerprint density at radius 3 is 3.19 bits per heavy atom. The van der Waals surface area contributed by atoms with Crippen LogP contribution in [0.2, 0.25) is 5.15 Å². The van der Waals surface area contributed by atoms with Crippen molar-refractivity contribution in [1.29, 1.82) is 0 Å². The average Bonchev–Trinajstić information content (AvgIpc) is 2.32. The van der Waals surface area contributed by atoms with Crippen molar-refractivity contribution in [3.05, 3.63) is 17.3 Å². The zero-order chi connectivity index (χ0) is 11.5.